The van der Waals surface area contributed by atoms with Crippen molar-refractivity contribution in [3.63, 3.8) is 0 Å². The number of nitrogens with zero attached hydrogens (tertiary/aromatic N) is 1. The SMILES string of the molecule is CCCC/C=C\C/C=C\CCCCCCCC(=O)OC(COC(=O)CCC)COP(=O)([O-])OCC[N+](C)(C)C. The second-order valence-electron chi connectivity index (χ2n) is 10.8. The molecule has 0 bridgehead atoms. The van der Waals surface area contributed by atoms with Gasteiger partial charge in [0, 0.05) is 12.8 Å². The van der Waals surface area contributed by atoms with Crippen molar-refractivity contribution in [2.45, 2.75) is 103 Å². The highest BCUT2D eigenvalue weighted by molar-refractivity contribution is 7.45. The van der Waals surface area contributed by atoms with Crippen molar-refractivity contribution in [1.29, 1.82) is 0 Å². The van der Waals surface area contributed by atoms with Gasteiger partial charge in [0.05, 0.1) is 27.7 Å². The number of unbranched alkanes of at least 4 members (excludes halogenated alkanes) is 7. The summed E-state index contributed by atoms with van der Waals surface area (Å²) in [5.41, 5.74) is 0. The van der Waals surface area contributed by atoms with Crippen LogP contribution < -0.4 is 4.89 Å². The van der Waals surface area contributed by atoms with E-state index in [0.717, 1.165) is 44.9 Å². The molecule has 0 spiro atoms. The van der Waals surface area contributed by atoms with Crippen LogP contribution in [-0.4, -0.2) is 70.0 Å². The van der Waals surface area contributed by atoms with Gasteiger partial charge in [-0.1, -0.05) is 70.3 Å². The van der Waals surface area contributed by atoms with E-state index < -0.39 is 32.5 Å². The summed E-state index contributed by atoms with van der Waals surface area (Å²) in [5, 5.41) is 0. The first-order valence-corrected chi connectivity index (χ1v) is 16.0. The number of carbonyl (C=O) groups excluding carboxylic acids is 2. The number of hydrogen-bond donors (Lipinski definition) is 0. The number of ether oxygens (including phenoxy) is 2. The van der Waals surface area contributed by atoms with Crippen molar-refractivity contribution < 1.29 is 42.1 Å². The molecule has 0 aliphatic heterocycles. The molecule has 0 aliphatic carbocycles. The van der Waals surface area contributed by atoms with Crippen molar-refractivity contribution >= 4 is 19.8 Å². The van der Waals surface area contributed by atoms with Crippen LogP contribution in [0.5, 0.6) is 0 Å². The van der Waals surface area contributed by atoms with Crippen molar-refractivity contribution in [3.05, 3.63) is 24.3 Å². The van der Waals surface area contributed by atoms with Gasteiger partial charge in [-0.3, -0.25) is 14.2 Å². The molecule has 0 heterocycles. The summed E-state index contributed by atoms with van der Waals surface area (Å²) in [7, 11) is 1.14. The fraction of sp³-hybridized carbons (Fsp3) is 0.793. The van der Waals surface area contributed by atoms with E-state index in [1.807, 2.05) is 28.1 Å². The third-order valence-corrected chi connectivity index (χ3v) is 6.66. The molecule has 0 saturated carbocycles. The maximum atomic E-state index is 12.3. The summed E-state index contributed by atoms with van der Waals surface area (Å²) in [6, 6.07) is 0. The summed E-state index contributed by atoms with van der Waals surface area (Å²) in [4.78, 5) is 36.2. The molecule has 9 nitrogen and oxygen atoms in total. The highest BCUT2D eigenvalue weighted by atomic mass is 31.2. The molecule has 0 radical (unpaired) electrons. The second kappa shape index (κ2) is 23.2. The summed E-state index contributed by atoms with van der Waals surface area (Å²) in [5.74, 6) is -0.918. The molecule has 0 saturated heterocycles. The summed E-state index contributed by atoms with van der Waals surface area (Å²) in [6.07, 6.45) is 19.4. The Morgan fingerprint density at radius 1 is 0.795 bits per heavy atom. The molecule has 10 heteroatoms. The smallest absolute Gasteiger partial charge is 0.306 e. The van der Waals surface area contributed by atoms with Crippen LogP contribution in [0, 0.1) is 0 Å². The Bertz CT molecular complexity index is 748. The van der Waals surface area contributed by atoms with E-state index >= 15 is 0 Å². The molecule has 228 valence electrons. The lowest BCUT2D eigenvalue weighted by atomic mass is 10.1. The number of carbonyl (C=O) groups is 2. The van der Waals surface area contributed by atoms with Crippen LogP contribution in [0.15, 0.2) is 24.3 Å². The topological polar surface area (TPSA) is 111 Å². The van der Waals surface area contributed by atoms with Gasteiger partial charge in [0.1, 0.15) is 19.8 Å². The van der Waals surface area contributed by atoms with E-state index in [1.165, 1.54) is 12.8 Å². The van der Waals surface area contributed by atoms with Crippen molar-refractivity contribution in [1.82, 2.24) is 0 Å². The third kappa shape index (κ3) is 26.5. The van der Waals surface area contributed by atoms with Gasteiger partial charge in [-0.15, -0.1) is 0 Å². The van der Waals surface area contributed by atoms with Gasteiger partial charge >= 0.3 is 11.9 Å². The fourth-order valence-electron chi connectivity index (χ4n) is 3.35. The maximum absolute atomic E-state index is 12.3. The lowest BCUT2D eigenvalue weighted by Gasteiger charge is -2.28. The van der Waals surface area contributed by atoms with Crippen LogP contribution >= 0.6 is 7.82 Å². The molecule has 0 aliphatic rings. The van der Waals surface area contributed by atoms with E-state index in [1.54, 1.807) is 0 Å². The minimum absolute atomic E-state index is 0.0347. The number of likely N-dealkylation sites (N-methyl/N-ethyl adjacent to an activating group) is 1. The molecule has 0 aromatic rings. The summed E-state index contributed by atoms with van der Waals surface area (Å²) in [6.45, 7) is 3.73. The number of rotatable bonds is 25. The van der Waals surface area contributed by atoms with E-state index in [4.69, 9.17) is 18.5 Å². The lowest BCUT2D eigenvalue weighted by molar-refractivity contribution is -0.870. The highest BCUT2D eigenvalue weighted by Crippen LogP contribution is 2.38. The molecule has 0 aromatic heterocycles. The van der Waals surface area contributed by atoms with E-state index in [0.29, 0.717) is 23.9 Å². The lowest BCUT2D eigenvalue weighted by Crippen LogP contribution is -2.37. The van der Waals surface area contributed by atoms with Crippen molar-refractivity contribution in [3.8, 4) is 0 Å². The molecule has 0 rings (SSSR count). The van der Waals surface area contributed by atoms with Gasteiger partial charge < -0.3 is 27.9 Å². The Morgan fingerprint density at radius 2 is 1.44 bits per heavy atom. The minimum atomic E-state index is -4.59. The third-order valence-electron chi connectivity index (χ3n) is 5.69. The monoisotopic (exact) mass is 575 g/mol. The predicted octanol–water partition coefficient (Wildman–Crippen LogP) is 5.87. The number of allylic oxidation sites excluding steroid dienone is 4. The zero-order chi connectivity index (χ0) is 29.4. The van der Waals surface area contributed by atoms with E-state index in [9.17, 15) is 19.0 Å². The van der Waals surface area contributed by atoms with Crippen LogP contribution in [0.2, 0.25) is 0 Å². The van der Waals surface area contributed by atoms with Gasteiger partial charge in [0.15, 0.2) is 6.10 Å². The molecule has 2 unspecified atom stereocenters. The number of phosphoric ester groups is 1. The maximum Gasteiger partial charge on any atom is 0.306 e. The molecule has 2 atom stereocenters. The Balaban J connectivity index is 4.30. The molecular weight excluding hydrogens is 521 g/mol. The molecule has 0 fully saturated rings. The van der Waals surface area contributed by atoms with Crippen LogP contribution in [0.4, 0.5) is 0 Å². The van der Waals surface area contributed by atoms with Gasteiger partial charge in [0.25, 0.3) is 7.82 Å². The number of hydrogen-bond acceptors (Lipinski definition) is 8. The summed E-state index contributed by atoms with van der Waals surface area (Å²) < 4.78 is 32.9. The molecule has 39 heavy (non-hydrogen) atoms. The van der Waals surface area contributed by atoms with E-state index in [2.05, 4.69) is 31.2 Å². The minimum Gasteiger partial charge on any atom is -0.756 e. The molecule has 0 aromatic carbocycles. The van der Waals surface area contributed by atoms with Crippen molar-refractivity contribution in [2.24, 2.45) is 0 Å². The van der Waals surface area contributed by atoms with Gasteiger partial charge in [-0.05, 0) is 38.5 Å². The summed E-state index contributed by atoms with van der Waals surface area (Å²) >= 11 is 0. The molecular formula is C29H54NO8P. The average Bonchev–Trinajstić information content (AvgIpc) is 2.85. The Labute approximate surface area is 237 Å². The van der Waals surface area contributed by atoms with Crippen LogP contribution in [-0.2, 0) is 32.7 Å². The van der Waals surface area contributed by atoms with Gasteiger partial charge in [0.2, 0.25) is 0 Å². The first kappa shape index (κ1) is 37.5. The number of esters is 2. The Kier molecular flexibility index (Phi) is 22.3. The van der Waals surface area contributed by atoms with Gasteiger partial charge in [-0.25, -0.2) is 0 Å². The van der Waals surface area contributed by atoms with E-state index in [-0.39, 0.29) is 26.1 Å². The second-order valence-corrected chi connectivity index (χ2v) is 12.2. The average molecular weight is 576 g/mol. The number of quaternary nitrogens is 1. The van der Waals surface area contributed by atoms with Crippen LogP contribution in [0.1, 0.15) is 97.3 Å². The first-order chi connectivity index (χ1) is 18.5. The fourth-order valence-corrected chi connectivity index (χ4v) is 4.08. The number of phosphoric acid groups is 1. The highest BCUT2D eigenvalue weighted by Gasteiger charge is 2.21. The largest absolute Gasteiger partial charge is 0.756 e. The Morgan fingerprint density at radius 3 is 2.08 bits per heavy atom. The molecule has 0 amide bonds. The normalized spacial score (nSPS) is 14.5. The van der Waals surface area contributed by atoms with Gasteiger partial charge in [-0.2, -0.15) is 0 Å². The van der Waals surface area contributed by atoms with Crippen LogP contribution in [0.25, 0.3) is 0 Å². The van der Waals surface area contributed by atoms with Crippen molar-refractivity contribution in [2.75, 3.05) is 47.5 Å². The first-order valence-electron chi connectivity index (χ1n) is 14.5. The predicted molar refractivity (Wildman–Crippen MR) is 153 cm³/mol. The Hall–Kier alpha value is -1.51. The quantitative estimate of drug-likeness (QED) is 0.0437. The standard InChI is InChI=1S/C29H54NO8P/c1-6-8-9-10-11-12-13-14-15-16-17-18-19-20-22-29(32)38-27(25-35-28(31)21-7-2)26-37-39(33,34)36-24-23-30(3,4)5/h10-11,13-14,27H,6-9,12,15-26H2,1-5H3/b11-10-,14-13-. The zero-order valence-corrected chi connectivity index (χ0v) is 26.0. The van der Waals surface area contributed by atoms with Crippen LogP contribution in [0.3, 0.4) is 0 Å². The zero-order valence-electron chi connectivity index (χ0n) is 25.1. The molecule has 0 N–H and O–H groups in total.